The van der Waals surface area contributed by atoms with Gasteiger partial charge in [0.25, 0.3) is 0 Å². The van der Waals surface area contributed by atoms with Crippen molar-refractivity contribution in [3.8, 4) is 16.8 Å². The minimum Gasteiger partial charge on any atom is -0.456 e. The van der Waals surface area contributed by atoms with Gasteiger partial charge in [-0.1, -0.05) is 127 Å². The second-order valence-corrected chi connectivity index (χ2v) is 13.8. The zero-order valence-corrected chi connectivity index (χ0v) is 28.8. The first kappa shape index (κ1) is 29.6. The lowest BCUT2D eigenvalue weighted by molar-refractivity contribution is 0.669. The summed E-state index contributed by atoms with van der Waals surface area (Å²) >= 11 is 0. The van der Waals surface area contributed by atoms with Gasteiger partial charge in [0.2, 0.25) is 0 Å². The van der Waals surface area contributed by atoms with E-state index >= 15 is 0 Å². The third-order valence-electron chi connectivity index (χ3n) is 10.7. The van der Waals surface area contributed by atoms with E-state index in [1.807, 2.05) is 12.1 Å². The first-order chi connectivity index (χ1) is 26.3. The van der Waals surface area contributed by atoms with E-state index < -0.39 is 0 Å². The van der Waals surface area contributed by atoms with Crippen molar-refractivity contribution in [1.29, 1.82) is 0 Å². The van der Waals surface area contributed by atoms with Crippen LogP contribution >= 0.6 is 0 Å². The highest BCUT2D eigenvalue weighted by molar-refractivity contribution is 6.18. The fraction of sp³-hybridized carbons (Fsp3) is 0. The van der Waals surface area contributed by atoms with Crippen LogP contribution in [0.5, 0.6) is 0 Å². The van der Waals surface area contributed by atoms with Gasteiger partial charge in [-0.25, -0.2) is 0 Å². The number of nitrogens with zero attached hydrogens (tertiary/aromatic N) is 2. The molecule has 0 saturated heterocycles. The predicted molar refractivity (Wildman–Crippen MR) is 223 cm³/mol. The van der Waals surface area contributed by atoms with Crippen LogP contribution in [-0.2, 0) is 0 Å². The third kappa shape index (κ3) is 4.75. The molecule has 2 heterocycles. The Balaban J connectivity index is 1.07. The third-order valence-corrected chi connectivity index (χ3v) is 10.7. The molecule has 53 heavy (non-hydrogen) atoms. The van der Waals surface area contributed by atoms with Gasteiger partial charge in [-0.05, 0) is 87.9 Å². The molecule has 0 aliphatic carbocycles. The van der Waals surface area contributed by atoms with Crippen LogP contribution in [0.3, 0.4) is 0 Å². The lowest BCUT2D eigenvalue weighted by Crippen LogP contribution is -2.09. The Labute approximate surface area is 306 Å². The van der Waals surface area contributed by atoms with E-state index in [0.29, 0.717) is 0 Å². The van der Waals surface area contributed by atoms with Gasteiger partial charge in [0.1, 0.15) is 11.2 Å². The van der Waals surface area contributed by atoms with Crippen molar-refractivity contribution in [1.82, 2.24) is 4.57 Å². The minimum absolute atomic E-state index is 0.874. The molecule has 0 aliphatic rings. The molecule has 3 nitrogen and oxygen atoms in total. The quantitative estimate of drug-likeness (QED) is 0.181. The highest BCUT2D eigenvalue weighted by Gasteiger charge is 2.18. The first-order valence-corrected chi connectivity index (χ1v) is 18.1. The molecule has 11 rings (SSSR count). The number of hydrogen-bond donors (Lipinski definition) is 0. The van der Waals surface area contributed by atoms with E-state index in [1.165, 1.54) is 54.5 Å². The summed E-state index contributed by atoms with van der Waals surface area (Å²) in [6, 6.07) is 69.8. The van der Waals surface area contributed by atoms with Crippen molar-refractivity contribution in [3.63, 3.8) is 0 Å². The van der Waals surface area contributed by atoms with Gasteiger partial charge in [0, 0.05) is 55.7 Å². The molecule has 0 aliphatic heterocycles. The van der Waals surface area contributed by atoms with Gasteiger partial charge in [-0.15, -0.1) is 0 Å². The molecule has 11 aromatic rings. The van der Waals surface area contributed by atoms with Gasteiger partial charge in [0.05, 0.1) is 11.0 Å². The maximum absolute atomic E-state index is 6.37. The maximum atomic E-state index is 6.37. The molecule has 0 radical (unpaired) electrons. The summed E-state index contributed by atoms with van der Waals surface area (Å²) < 4.78 is 8.80. The predicted octanol–water partition coefficient (Wildman–Crippen LogP) is 14.1. The minimum atomic E-state index is 0.874. The number of furan rings is 1. The standard InChI is InChI=1S/C50H32N2O/c1-2-10-33(11-3-1)34-18-23-38(24-19-34)51(41-27-29-45-44-15-7-9-17-48(44)53-49(45)32-41)39-25-20-37-31-40(26-21-36(37)30-39)52-47-16-8-6-14-43(47)46-28-22-35-12-4-5-13-42(35)50(46)52/h1-32H. The van der Waals surface area contributed by atoms with Gasteiger partial charge in [-0.3, -0.25) is 0 Å². The van der Waals surface area contributed by atoms with Crippen molar-refractivity contribution in [2.24, 2.45) is 0 Å². The Morgan fingerprint density at radius 2 is 0.962 bits per heavy atom. The average molecular weight is 677 g/mol. The second-order valence-electron chi connectivity index (χ2n) is 13.8. The van der Waals surface area contributed by atoms with Crippen molar-refractivity contribution in [2.75, 3.05) is 4.90 Å². The SMILES string of the molecule is c1ccc(-c2ccc(N(c3ccc4cc(-n5c6ccccc6c6ccc7ccccc7c65)ccc4c3)c3ccc4c(c3)oc3ccccc34)cc2)cc1. The zero-order valence-electron chi connectivity index (χ0n) is 28.8. The summed E-state index contributed by atoms with van der Waals surface area (Å²) in [6.07, 6.45) is 0. The smallest absolute Gasteiger partial charge is 0.137 e. The fourth-order valence-corrected chi connectivity index (χ4v) is 8.23. The average Bonchev–Trinajstić information content (AvgIpc) is 3.77. The van der Waals surface area contributed by atoms with E-state index in [2.05, 4.69) is 191 Å². The van der Waals surface area contributed by atoms with Crippen LogP contribution in [0.1, 0.15) is 0 Å². The summed E-state index contributed by atoms with van der Waals surface area (Å²) in [5.41, 5.74) is 11.0. The Kier molecular flexibility index (Phi) is 6.55. The number of para-hydroxylation sites is 2. The lowest BCUT2D eigenvalue weighted by atomic mass is 10.0. The molecule has 0 bridgehead atoms. The summed E-state index contributed by atoms with van der Waals surface area (Å²) in [5, 5.41) is 9.64. The fourth-order valence-electron chi connectivity index (χ4n) is 8.23. The molecule has 0 atom stereocenters. The second kappa shape index (κ2) is 11.7. The van der Waals surface area contributed by atoms with Crippen molar-refractivity contribution < 1.29 is 4.42 Å². The van der Waals surface area contributed by atoms with Gasteiger partial charge >= 0.3 is 0 Å². The molecule has 0 N–H and O–H groups in total. The normalized spacial score (nSPS) is 11.8. The molecule has 0 saturated carbocycles. The van der Waals surface area contributed by atoms with Gasteiger partial charge < -0.3 is 13.9 Å². The van der Waals surface area contributed by atoms with Crippen LogP contribution in [-0.4, -0.2) is 4.57 Å². The molecular weight excluding hydrogens is 645 g/mol. The molecule has 2 aromatic heterocycles. The number of fused-ring (bicyclic) bond motifs is 9. The largest absolute Gasteiger partial charge is 0.456 e. The molecule has 0 fully saturated rings. The summed E-state index contributed by atoms with van der Waals surface area (Å²) in [6.45, 7) is 0. The van der Waals surface area contributed by atoms with E-state index in [9.17, 15) is 0 Å². The molecule has 3 heteroatoms. The number of benzene rings is 9. The van der Waals surface area contributed by atoms with E-state index in [1.54, 1.807) is 0 Å². The molecule has 248 valence electrons. The lowest BCUT2D eigenvalue weighted by Gasteiger charge is -2.26. The highest BCUT2D eigenvalue weighted by atomic mass is 16.3. The number of rotatable bonds is 5. The topological polar surface area (TPSA) is 21.3 Å². The summed E-state index contributed by atoms with van der Waals surface area (Å²) in [5.74, 6) is 0. The van der Waals surface area contributed by atoms with Crippen molar-refractivity contribution in [3.05, 3.63) is 194 Å². The number of anilines is 3. The summed E-state index contributed by atoms with van der Waals surface area (Å²) in [4.78, 5) is 2.33. The summed E-state index contributed by atoms with van der Waals surface area (Å²) in [7, 11) is 0. The van der Waals surface area contributed by atoms with Gasteiger partial charge in [0.15, 0.2) is 0 Å². The molecule has 0 amide bonds. The van der Waals surface area contributed by atoms with Crippen LogP contribution in [0, 0.1) is 0 Å². The van der Waals surface area contributed by atoms with Crippen LogP contribution in [0.4, 0.5) is 17.1 Å². The van der Waals surface area contributed by atoms with E-state index in [0.717, 1.165) is 44.7 Å². The Morgan fingerprint density at radius 3 is 1.85 bits per heavy atom. The molecular formula is C50H32N2O. The van der Waals surface area contributed by atoms with Crippen LogP contribution in [0.25, 0.3) is 82.1 Å². The highest BCUT2D eigenvalue weighted by Crippen LogP contribution is 2.41. The van der Waals surface area contributed by atoms with Gasteiger partial charge in [-0.2, -0.15) is 0 Å². The molecule has 0 spiro atoms. The van der Waals surface area contributed by atoms with Crippen LogP contribution in [0.2, 0.25) is 0 Å². The number of aromatic nitrogens is 1. The van der Waals surface area contributed by atoms with Crippen molar-refractivity contribution in [2.45, 2.75) is 0 Å². The Hall–Kier alpha value is -7.10. The van der Waals surface area contributed by atoms with Crippen molar-refractivity contribution >= 4 is 82.4 Å². The maximum Gasteiger partial charge on any atom is 0.137 e. The molecule has 9 aromatic carbocycles. The van der Waals surface area contributed by atoms with Crippen LogP contribution < -0.4 is 4.90 Å². The Morgan fingerprint density at radius 1 is 0.358 bits per heavy atom. The Bertz CT molecular complexity index is 3170. The molecule has 0 unspecified atom stereocenters. The monoisotopic (exact) mass is 676 g/mol. The zero-order chi connectivity index (χ0) is 34.9. The number of hydrogen-bond acceptors (Lipinski definition) is 2. The first-order valence-electron chi connectivity index (χ1n) is 18.1. The van der Waals surface area contributed by atoms with E-state index in [4.69, 9.17) is 4.42 Å². The van der Waals surface area contributed by atoms with Crippen LogP contribution in [0.15, 0.2) is 199 Å². The van der Waals surface area contributed by atoms with E-state index in [-0.39, 0.29) is 0 Å².